The summed E-state index contributed by atoms with van der Waals surface area (Å²) in [5.74, 6) is 2.05. The number of carbonyl (C=O) groups excluding carboxylic acids is 1. The topological polar surface area (TPSA) is 78.4 Å². The van der Waals surface area contributed by atoms with Crippen LogP contribution in [0, 0.1) is 0 Å². The number of methoxy groups -OCH3 is 2. The van der Waals surface area contributed by atoms with E-state index >= 15 is 0 Å². The lowest BCUT2D eigenvalue weighted by Crippen LogP contribution is -2.19. The second-order valence-electron chi connectivity index (χ2n) is 5.28. The van der Waals surface area contributed by atoms with Crippen LogP contribution in [0.4, 0.5) is 0 Å². The minimum atomic E-state index is -0.346. The largest absolute Gasteiger partial charge is 0.493 e. The van der Waals surface area contributed by atoms with Crippen molar-refractivity contribution in [1.82, 2.24) is 5.43 Å². The number of nitrogens with zero attached hydrogens (tertiary/aromatic N) is 1. The number of hydrogen-bond acceptors (Lipinski definition) is 6. The van der Waals surface area contributed by atoms with Gasteiger partial charge in [0.25, 0.3) is 5.91 Å². The van der Waals surface area contributed by atoms with E-state index in [0.717, 1.165) is 5.56 Å². The fourth-order valence-corrected chi connectivity index (χ4v) is 2.36. The predicted octanol–water partition coefficient (Wildman–Crippen LogP) is 2.59. The minimum absolute atomic E-state index is 0.213. The Hall–Kier alpha value is -3.22. The first kappa shape index (κ1) is 16.6. The summed E-state index contributed by atoms with van der Waals surface area (Å²) in [7, 11) is 3.05. The third kappa shape index (κ3) is 3.50. The summed E-state index contributed by atoms with van der Waals surface area (Å²) in [5.41, 5.74) is 4.43. The molecule has 25 heavy (non-hydrogen) atoms. The van der Waals surface area contributed by atoms with Crippen molar-refractivity contribution in [2.24, 2.45) is 5.10 Å². The Labute approximate surface area is 145 Å². The number of carbonyl (C=O) groups is 1. The maximum atomic E-state index is 12.3. The Morgan fingerprint density at radius 1 is 1.00 bits per heavy atom. The fraction of sp³-hybridized carbons (Fsp3) is 0.222. The molecule has 1 N–H and O–H groups in total. The molecule has 7 heteroatoms. The first-order valence-electron chi connectivity index (χ1n) is 7.59. The van der Waals surface area contributed by atoms with Crippen molar-refractivity contribution in [1.29, 1.82) is 0 Å². The van der Waals surface area contributed by atoms with Crippen LogP contribution in [0.15, 0.2) is 41.5 Å². The van der Waals surface area contributed by atoms with Gasteiger partial charge in [0.05, 0.1) is 19.9 Å². The van der Waals surface area contributed by atoms with Crippen molar-refractivity contribution >= 4 is 11.6 Å². The van der Waals surface area contributed by atoms with Crippen LogP contribution in [0.2, 0.25) is 0 Å². The van der Waals surface area contributed by atoms with Gasteiger partial charge >= 0.3 is 0 Å². The molecule has 0 atom stereocenters. The van der Waals surface area contributed by atoms with Crippen molar-refractivity contribution in [3.63, 3.8) is 0 Å². The zero-order valence-electron chi connectivity index (χ0n) is 14.2. The molecule has 2 aromatic rings. The Morgan fingerprint density at radius 3 is 2.48 bits per heavy atom. The van der Waals surface area contributed by atoms with Crippen LogP contribution >= 0.6 is 0 Å². The van der Waals surface area contributed by atoms with Crippen LogP contribution < -0.4 is 24.4 Å². The first-order chi connectivity index (χ1) is 12.1. The smallest absolute Gasteiger partial charge is 0.271 e. The number of benzene rings is 2. The summed E-state index contributed by atoms with van der Waals surface area (Å²) < 4.78 is 21.0. The molecule has 1 aliphatic rings. The first-order valence-corrected chi connectivity index (χ1v) is 7.59. The highest BCUT2D eigenvalue weighted by molar-refractivity contribution is 6.01. The second-order valence-corrected chi connectivity index (χ2v) is 5.28. The second kappa shape index (κ2) is 7.12. The molecule has 0 saturated carbocycles. The lowest BCUT2D eigenvalue weighted by atomic mass is 10.1. The highest BCUT2D eigenvalue weighted by Gasteiger charge is 2.14. The number of hydrazone groups is 1. The monoisotopic (exact) mass is 342 g/mol. The molecule has 1 amide bonds. The third-order valence-electron chi connectivity index (χ3n) is 3.76. The van der Waals surface area contributed by atoms with Crippen molar-refractivity contribution in [2.75, 3.05) is 21.0 Å². The van der Waals surface area contributed by atoms with E-state index in [1.807, 2.05) is 18.2 Å². The maximum Gasteiger partial charge on any atom is 0.271 e. The van der Waals surface area contributed by atoms with Crippen LogP contribution in [-0.4, -0.2) is 32.6 Å². The number of amides is 1. The number of rotatable bonds is 5. The summed E-state index contributed by atoms with van der Waals surface area (Å²) in [6.45, 7) is 2.01. The predicted molar refractivity (Wildman–Crippen MR) is 91.8 cm³/mol. The Morgan fingerprint density at radius 2 is 1.72 bits per heavy atom. The highest BCUT2D eigenvalue weighted by Crippen LogP contribution is 2.32. The Bertz CT molecular complexity index is 832. The van der Waals surface area contributed by atoms with E-state index in [2.05, 4.69) is 10.5 Å². The van der Waals surface area contributed by atoms with Crippen molar-refractivity contribution in [3.8, 4) is 23.0 Å². The molecular formula is C18H18N2O5. The van der Waals surface area contributed by atoms with Crippen LogP contribution in [0.1, 0.15) is 22.8 Å². The van der Waals surface area contributed by atoms with E-state index in [-0.39, 0.29) is 12.7 Å². The quantitative estimate of drug-likeness (QED) is 0.667. The molecule has 0 bridgehead atoms. The van der Waals surface area contributed by atoms with Gasteiger partial charge in [-0.2, -0.15) is 5.10 Å². The van der Waals surface area contributed by atoms with Crippen molar-refractivity contribution in [2.45, 2.75) is 6.92 Å². The van der Waals surface area contributed by atoms with Gasteiger partial charge in [0.1, 0.15) is 0 Å². The molecular weight excluding hydrogens is 324 g/mol. The van der Waals surface area contributed by atoms with Gasteiger partial charge in [-0.25, -0.2) is 5.43 Å². The molecule has 0 saturated heterocycles. The molecule has 7 nitrogen and oxygen atoms in total. The van der Waals surface area contributed by atoms with Gasteiger partial charge in [0.2, 0.25) is 6.79 Å². The SMILES string of the molecule is COc1ccc(C(=O)N/N=C(/C)c2ccc3c(c2)OCO3)cc1OC. The fourth-order valence-electron chi connectivity index (χ4n) is 2.36. The van der Waals surface area contributed by atoms with Gasteiger partial charge < -0.3 is 18.9 Å². The minimum Gasteiger partial charge on any atom is -0.493 e. The molecule has 1 heterocycles. The lowest BCUT2D eigenvalue weighted by molar-refractivity contribution is 0.0954. The van der Waals surface area contributed by atoms with E-state index in [1.54, 1.807) is 25.1 Å². The van der Waals surface area contributed by atoms with Crippen molar-refractivity contribution in [3.05, 3.63) is 47.5 Å². The summed E-state index contributed by atoms with van der Waals surface area (Å²) in [6.07, 6.45) is 0. The van der Waals surface area contributed by atoms with Gasteiger partial charge in [0, 0.05) is 11.1 Å². The van der Waals surface area contributed by atoms with Crippen LogP contribution in [-0.2, 0) is 0 Å². The molecule has 1 aliphatic heterocycles. The van der Waals surface area contributed by atoms with Crippen LogP contribution in [0.3, 0.4) is 0 Å². The van der Waals surface area contributed by atoms with Crippen LogP contribution in [0.5, 0.6) is 23.0 Å². The van der Waals surface area contributed by atoms with Gasteiger partial charge in [-0.15, -0.1) is 0 Å². The van der Waals surface area contributed by atoms with Gasteiger partial charge in [-0.3, -0.25) is 4.79 Å². The normalized spacial score (nSPS) is 12.7. The van der Waals surface area contributed by atoms with Gasteiger partial charge in [0.15, 0.2) is 23.0 Å². The summed E-state index contributed by atoms with van der Waals surface area (Å²) in [6, 6.07) is 10.4. The molecule has 3 rings (SSSR count). The van der Waals surface area contributed by atoms with Gasteiger partial charge in [-0.05, 0) is 43.3 Å². The number of ether oxygens (including phenoxy) is 4. The maximum absolute atomic E-state index is 12.3. The Balaban J connectivity index is 1.73. The standard InChI is InChI=1S/C18H18N2O5/c1-11(12-4-7-15-17(8-12)25-10-24-15)19-20-18(21)13-5-6-14(22-2)16(9-13)23-3/h4-9H,10H2,1-3H3,(H,20,21)/b19-11-. The molecule has 0 fully saturated rings. The van der Waals surface area contributed by atoms with E-state index < -0.39 is 0 Å². The Kier molecular flexibility index (Phi) is 4.74. The number of fused-ring (bicyclic) bond motifs is 1. The molecule has 0 aliphatic carbocycles. The molecule has 0 aromatic heterocycles. The van der Waals surface area contributed by atoms with E-state index in [9.17, 15) is 4.79 Å². The average molecular weight is 342 g/mol. The third-order valence-corrected chi connectivity index (χ3v) is 3.76. The molecule has 2 aromatic carbocycles. The average Bonchev–Trinajstić information content (AvgIpc) is 3.12. The van der Waals surface area contributed by atoms with E-state index in [0.29, 0.717) is 34.3 Å². The molecule has 0 spiro atoms. The molecule has 0 unspecified atom stereocenters. The van der Waals surface area contributed by atoms with Crippen LogP contribution in [0.25, 0.3) is 0 Å². The molecule has 130 valence electrons. The number of hydrogen-bond donors (Lipinski definition) is 1. The summed E-state index contributed by atoms with van der Waals surface area (Å²) >= 11 is 0. The lowest BCUT2D eigenvalue weighted by Gasteiger charge is -2.09. The van der Waals surface area contributed by atoms with Crippen molar-refractivity contribution < 1.29 is 23.7 Å². The zero-order valence-corrected chi connectivity index (χ0v) is 14.2. The molecule has 0 radical (unpaired) electrons. The zero-order chi connectivity index (χ0) is 17.8. The van der Waals surface area contributed by atoms with E-state index in [4.69, 9.17) is 18.9 Å². The van der Waals surface area contributed by atoms with E-state index in [1.165, 1.54) is 14.2 Å². The highest BCUT2D eigenvalue weighted by atomic mass is 16.7. The summed E-state index contributed by atoms with van der Waals surface area (Å²) in [4.78, 5) is 12.3. The van der Waals surface area contributed by atoms with Gasteiger partial charge in [-0.1, -0.05) is 0 Å². The number of nitrogens with one attached hydrogen (secondary N) is 1. The summed E-state index contributed by atoms with van der Waals surface area (Å²) in [5, 5.41) is 4.14.